The van der Waals surface area contributed by atoms with E-state index in [1.165, 1.54) is 12.1 Å². The Morgan fingerprint density at radius 2 is 1.83 bits per heavy atom. The van der Waals surface area contributed by atoms with Crippen LogP contribution in [0.5, 0.6) is 0 Å². The van der Waals surface area contributed by atoms with Crippen molar-refractivity contribution < 1.29 is 4.92 Å². The molecule has 5 rings (SSSR count). The lowest BCUT2D eigenvalue weighted by Crippen LogP contribution is -2.27. The van der Waals surface area contributed by atoms with Crippen LogP contribution in [0.3, 0.4) is 0 Å². The van der Waals surface area contributed by atoms with Crippen molar-refractivity contribution in [3.63, 3.8) is 0 Å². The minimum absolute atomic E-state index is 0.0665. The average Bonchev–Trinajstić information content (AvgIpc) is 3.33. The summed E-state index contributed by atoms with van der Waals surface area (Å²) in [4.78, 5) is 18.8. The van der Waals surface area contributed by atoms with Gasteiger partial charge in [0, 0.05) is 40.8 Å². The van der Waals surface area contributed by atoms with E-state index in [2.05, 4.69) is 23.9 Å². The Balaban J connectivity index is 1.63. The summed E-state index contributed by atoms with van der Waals surface area (Å²) >= 11 is 0. The third kappa shape index (κ3) is 2.74. The third-order valence-electron chi connectivity index (χ3n) is 5.47. The monoisotopic (exact) mass is 385 g/mol. The van der Waals surface area contributed by atoms with E-state index in [0.717, 1.165) is 40.3 Å². The molecule has 2 heterocycles. The lowest BCUT2D eigenvalue weighted by atomic mass is 9.77. The first-order valence-corrected chi connectivity index (χ1v) is 9.42. The average molecular weight is 385 g/mol. The smallest absolute Gasteiger partial charge is 0.269 e. The van der Waals surface area contributed by atoms with Gasteiger partial charge in [0.2, 0.25) is 0 Å². The Hall–Kier alpha value is -3.74. The van der Waals surface area contributed by atoms with Crippen molar-refractivity contribution in [1.29, 1.82) is 0 Å². The van der Waals surface area contributed by atoms with Gasteiger partial charge >= 0.3 is 0 Å². The van der Waals surface area contributed by atoms with Crippen molar-refractivity contribution in [2.75, 3.05) is 0 Å². The van der Waals surface area contributed by atoms with Crippen LogP contribution in [0.1, 0.15) is 25.2 Å². The Labute approximate surface area is 167 Å². The number of para-hydroxylation sites is 1. The second-order valence-corrected chi connectivity index (χ2v) is 7.93. The summed E-state index contributed by atoms with van der Waals surface area (Å²) in [5.41, 5.74) is 5.87. The Kier molecular flexibility index (Phi) is 3.67. The Bertz CT molecular complexity index is 1220. The zero-order valence-corrected chi connectivity index (χ0v) is 16.1. The van der Waals surface area contributed by atoms with Crippen LogP contribution in [0.25, 0.3) is 28.3 Å². The highest BCUT2D eigenvalue weighted by Crippen LogP contribution is 2.43. The number of H-pyrrole nitrogens is 1. The van der Waals surface area contributed by atoms with Gasteiger partial charge in [0.15, 0.2) is 0 Å². The molecule has 0 spiro atoms. The summed E-state index contributed by atoms with van der Waals surface area (Å²) in [6.45, 7) is 4.38. The molecule has 0 bridgehead atoms. The summed E-state index contributed by atoms with van der Waals surface area (Å²) in [5.74, 6) is 0.707. The fraction of sp³-hybridized carbons (Fsp3) is 0.182. The first-order chi connectivity index (χ1) is 13.9. The first kappa shape index (κ1) is 17.4. The first-order valence-electron chi connectivity index (χ1n) is 9.42. The molecule has 29 heavy (non-hydrogen) atoms. The Morgan fingerprint density at radius 3 is 2.52 bits per heavy atom. The molecule has 1 N–H and O–H groups in total. The quantitative estimate of drug-likeness (QED) is 0.410. The SMILES string of the molecule is CC1(C)Cc2c(cnn2-c2ccccc2)-c2nc(-c3ccc([N+](=O)[O-])cc3)[nH]c21. The molecule has 0 radical (unpaired) electrons. The molecular weight excluding hydrogens is 366 g/mol. The summed E-state index contributed by atoms with van der Waals surface area (Å²) in [6.07, 6.45) is 2.70. The maximum Gasteiger partial charge on any atom is 0.269 e. The molecule has 0 saturated heterocycles. The van der Waals surface area contributed by atoms with Crippen molar-refractivity contribution in [1.82, 2.24) is 19.7 Å². The standard InChI is InChI=1S/C22H19N5O2/c1-22(2)12-18-17(13-23-26(18)15-6-4-3-5-7-15)19-20(22)25-21(24-19)14-8-10-16(11-9-14)27(28)29/h3-11,13H,12H2,1-2H3,(H,24,25). The summed E-state index contributed by atoms with van der Waals surface area (Å²) < 4.78 is 1.99. The molecule has 2 aromatic heterocycles. The minimum atomic E-state index is -0.399. The van der Waals surface area contributed by atoms with Gasteiger partial charge < -0.3 is 4.98 Å². The predicted molar refractivity (Wildman–Crippen MR) is 110 cm³/mol. The van der Waals surface area contributed by atoms with Gasteiger partial charge in [-0.05, 0) is 24.3 Å². The lowest BCUT2D eigenvalue weighted by Gasteiger charge is -2.29. The number of nitrogens with one attached hydrogen (secondary N) is 1. The molecule has 144 valence electrons. The number of nitrogens with zero attached hydrogens (tertiary/aromatic N) is 4. The predicted octanol–water partition coefficient (Wildman–Crippen LogP) is 4.67. The molecule has 0 unspecified atom stereocenters. The summed E-state index contributed by atoms with van der Waals surface area (Å²) in [6, 6.07) is 16.5. The van der Waals surface area contributed by atoms with Crippen LogP contribution in [-0.4, -0.2) is 24.7 Å². The van der Waals surface area contributed by atoms with Crippen LogP contribution in [0, 0.1) is 10.1 Å². The number of fused-ring (bicyclic) bond motifs is 3. The normalized spacial score (nSPS) is 14.3. The van der Waals surface area contributed by atoms with E-state index in [0.29, 0.717) is 5.82 Å². The third-order valence-corrected chi connectivity index (χ3v) is 5.47. The zero-order valence-electron chi connectivity index (χ0n) is 16.1. The second kappa shape index (κ2) is 6.13. The number of hydrogen-bond acceptors (Lipinski definition) is 4. The van der Waals surface area contributed by atoms with Gasteiger partial charge in [-0.3, -0.25) is 10.1 Å². The number of non-ortho nitro benzene ring substituents is 1. The van der Waals surface area contributed by atoms with Crippen molar-refractivity contribution >= 4 is 5.69 Å². The van der Waals surface area contributed by atoms with E-state index >= 15 is 0 Å². The number of aromatic nitrogens is 4. The van der Waals surface area contributed by atoms with E-state index < -0.39 is 4.92 Å². The van der Waals surface area contributed by atoms with E-state index in [1.54, 1.807) is 12.1 Å². The molecule has 7 heteroatoms. The van der Waals surface area contributed by atoms with Gasteiger partial charge in [-0.1, -0.05) is 32.0 Å². The number of nitro benzene ring substituents is 1. The molecule has 0 amide bonds. The maximum atomic E-state index is 10.9. The highest BCUT2D eigenvalue weighted by atomic mass is 16.6. The number of rotatable bonds is 3. The van der Waals surface area contributed by atoms with Crippen LogP contribution in [0.4, 0.5) is 5.69 Å². The largest absolute Gasteiger partial charge is 0.341 e. The molecule has 0 aliphatic heterocycles. The number of nitro groups is 1. The molecule has 0 atom stereocenters. The fourth-order valence-corrected chi connectivity index (χ4v) is 3.98. The van der Waals surface area contributed by atoms with Gasteiger partial charge in [-0.2, -0.15) is 5.10 Å². The van der Waals surface area contributed by atoms with Crippen molar-refractivity contribution in [2.24, 2.45) is 0 Å². The molecule has 0 fully saturated rings. The highest BCUT2D eigenvalue weighted by Gasteiger charge is 2.37. The van der Waals surface area contributed by atoms with Gasteiger partial charge in [0.25, 0.3) is 5.69 Å². The van der Waals surface area contributed by atoms with Gasteiger partial charge in [0.05, 0.1) is 28.2 Å². The van der Waals surface area contributed by atoms with Crippen LogP contribution in [0.15, 0.2) is 60.8 Å². The molecule has 0 saturated carbocycles. The van der Waals surface area contributed by atoms with Gasteiger partial charge in [-0.25, -0.2) is 9.67 Å². The lowest BCUT2D eigenvalue weighted by molar-refractivity contribution is -0.384. The van der Waals surface area contributed by atoms with E-state index in [4.69, 9.17) is 4.98 Å². The van der Waals surface area contributed by atoms with Gasteiger partial charge in [-0.15, -0.1) is 0 Å². The molecule has 2 aromatic carbocycles. The second-order valence-electron chi connectivity index (χ2n) is 7.93. The topological polar surface area (TPSA) is 89.6 Å². The van der Waals surface area contributed by atoms with Crippen LogP contribution >= 0.6 is 0 Å². The van der Waals surface area contributed by atoms with Crippen LogP contribution in [-0.2, 0) is 11.8 Å². The number of imidazole rings is 1. The molecule has 4 aromatic rings. The number of aromatic amines is 1. The summed E-state index contributed by atoms with van der Waals surface area (Å²) in [5, 5.41) is 15.6. The van der Waals surface area contributed by atoms with Crippen molar-refractivity contribution in [3.8, 4) is 28.3 Å². The van der Waals surface area contributed by atoms with Gasteiger partial charge in [0.1, 0.15) is 5.82 Å². The molecule has 1 aliphatic rings. The summed E-state index contributed by atoms with van der Waals surface area (Å²) in [7, 11) is 0. The molecule has 7 nitrogen and oxygen atoms in total. The number of benzene rings is 2. The van der Waals surface area contributed by atoms with E-state index in [1.807, 2.05) is 41.2 Å². The van der Waals surface area contributed by atoms with E-state index in [9.17, 15) is 10.1 Å². The van der Waals surface area contributed by atoms with Crippen LogP contribution in [0.2, 0.25) is 0 Å². The molecule has 1 aliphatic carbocycles. The van der Waals surface area contributed by atoms with Crippen LogP contribution < -0.4 is 0 Å². The Morgan fingerprint density at radius 1 is 1.10 bits per heavy atom. The van der Waals surface area contributed by atoms with Crippen molar-refractivity contribution in [2.45, 2.75) is 25.7 Å². The minimum Gasteiger partial charge on any atom is -0.341 e. The highest BCUT2D eigenvalue weighted by molar-refractivity contribution is 5.73. The zero-order chi connectivity index (χ0) is 20.2. The molecular formula is C22H19N5O2. The van der Waals surface area contributed by atoms with Crippen molar-refractivity contribution in [3.05, 3.63) is 82.3 Å². The van der Waals surface area contributed by atoms with E-state index in [-0.39, 0.29) is 11.1 Å². The fourth-order valence-electron chi connectivity index (χ4n) is 3.98. The number of hydrogen-bond donors (Lipinski definition) is 1. The maximum absolute atomic E-state index is 10.9.